The zero-order chi connectivity index (χ0) is 40.8. The quantitative estimate of drug-likeness (QED) is 0.144. The molecule has 0 radical (unpaired) electrons. The first-order valence-corrected chi connectivity index (χ1v) is 20.0. The molecule has 2 saturated heterocycles. The number of aromatic nitrogens is 4. The van der Waals surface area contributed by atoms with Gasteiger partial charge in [-0.05, 0) is 67.9 Å². The lowest BCUT2D eigenvalue weighted by Gasteiger charge is -2.30. The molecule has 16 nitrogen and oxygen atoms in total. The fourth-order valence-corrected chi connectivity index (χ4v) is 8.70. The number of nitrogens with one attached hydrogen (secondary N) is 4. The molecule has 8 rings (SSSR count). The lowest BCUT2D eigenvalue weighted by molar-refractivity contribution is -0.136. The number of rotatable bonds is 10. The van der Waals surface area contributed by atoms with Crippen LogP contribution in [0.1, 0.15) is 94.2 Å². The number of H-pyrrole nitrogens is 2. The normalized spacial score (nSPS) is 20.2. The predicted octanol–water partition coefficient (Wildman–Crippen LogP) is 6.19. The number of hydrogen-bond acceptors (Lipinski definition) is 10. The van der Waals surface area contributed by atoms with E-state index in [9.17, 15) is 19.2 Å². The summed E-state index contributed by atoms with van der Waals surface area (Å²) in [4.78, 5) is 71.3. The number of alkyl carbamates (subject to hydrolysis) is 2. The monoisotopic (exact) mass is 794 g/mol. The van der Waals surface area contributed by atoms with Gasteiger partial charge in [0.1, 0.15) is 41.0 Å². The van der Waals surface area contributed by atoms with Crippen LogP contribution in [-0.2, 0) is 19.1 Å². The van der Waals surface area contributed by atoms with Gasteiger partial charge in [-0.25, -0.2) is 19.6 Å². The van der Waals surface area contributed by atoms with Gasteiger partial charge in [-0.2, -0.15) is 0 Å². The largest absolute Gasteiger partial charge is 0.492 e. The number of carbonyl (C=O) groups excluding carboxylic acids is 4. The minimum atomic E-state index is -0.715. The number of hydrogen-bond donors (Lipinski definition) is 4. The minimum Gasteiger partial charge on any atom is -0.492 e. The van der Waals surface area contributed by atoms with Crippen molar-refractivity contribution >= 4 is 24.0 Å². The summed E-state index contributed by atoms with van der Waals surface area (Å²) in [5.41, 5.74) is 5.38. The number of fused-ring (bicyclic) bond motifs is 2. The standard InChI is InChI=1S/C42H50N8O8/c1-21(2)35(47-41(53)55-5)39(51)49-13-7-9-29(49)37-43-18-27(45-37)23-11-12-31-25(15-23)26-20-57-32-16-24(17-33(58-31)34(26)32)28-19-44-38(46-28)30-10-8-14-50(30)40(52)36(22(3)4)48-42(54)56-6/h11-12,15-19,21-22,26,29-30,35-36H,7-10,13-14,20H2,1-6H3,(H,43,45)(H,44,46)(H,47,53)(H,48,54)/t26?,29-,30-,35-,36-/m0/s1. The fraction of sp³-hybridized carbons (Fsp3) is 0.476. The molecule has 1 unspecified atom stereocenters. The second kappa shape index (κ2) is 15.7. The van der Waals surface area contributed by atoms with Crippen LogP contribution in [0.4, 0.5) is 9.59 Å². The zero-order valence-corrected chi connectivity index (χ0v) is 33.6. The highest BCUT2D eigenvalue weighted by atomic mass is 16.5. The average molecular weight is 795 g/mol. The van der Waals surface area contributed by atoms with Crippen molar-refractivity contribution in [2.24, 2.45) is 11.8 Å². The number of benzene rings is 2. The highest BCUT2D eigenvalue weighted by molar-refractivity contribution is 5.87. The third-order valence-electron chi connectivity index (χ3n) is 11.8. The fourth-order valence-electron chi connectivity index (χ4n) is 8.70. The van der Waals surface area contributed by atoms with Crippen molar-refractivity contribution in [3.63, 3.8) is 0 Å². The third-order valence-corrected chi connectivity index (χ3v) is 11.8. The van der Waals surface area contributed by atoms with Gasteiger partial charge in [0, 0.05) is 35.3 Å². The number of carbonyl (C=O) groups is 4. The molecule has 2 aromatic carbocycles. The molecule has 306 valence electrons. The number of aromatic amines is 2. The van der Waals surface area contributed by atoms with E-state index in [1.807, 2.05) is 52.0 Å². The van der Waals surface area contributed by atoms with Crippen LogP contribution in [0.25, 0.3) is 22.5 Å². The summed E-state index contributed by atoms with van der Waals surface area (Å²) in [6.07, 6.45) is 5.45. The van der Waals surface area contributed by atoms with Gasteiger partial charge in [-0.15, -0.1) is 0 Å². The van der Waals surface area contributed by atoms with Crippen molar-refractivity contribution in [1.29, 1.82) is 0 Å². The predicted molar refractivity (Wildman–Crippen MR) is 211 cm³/mol. The van der Waals surface area contributed by atoms with Crippen molar-refractivity contribution in [3.05, 3.63) is 65.5 Å². The van der Waals surface area contributed by atoms with E-state index in [0.29, 0.717) is 37.1 Å². The van der Waals surface area contributed by atoms with Crippen LogP contribution in [0.15, 0.2) is 42.7 Å². The summed E-state index contributed by atoms with van der Waals surface area (Å²) < 4.78 is 22.4. The number of methoxy groups -OCH3 is 2. The smallest absolute Gasteiger partial charge is 0.407 e. The zero-order valence-electron chi connectivity index (χ0n) is 33.6. The number of likely N-dealkylation sites (tertiary alicyclic amines) is 2. The van der Waals surface area contributed by atoms with Gasteiger partial charge in [0.25, 0.3) is 0 Å². The van der Waals surface area contributed by atoms with Crippen LogP contribution >= 0.6 is 0 Å². The lowest BCUT2D eigenvalue weighted by atomic mass is 9.87. The molecule has 16 heteroatoms. The van der Waals surface area contributed by atoms with Gasteiger partial charge >= 0.3 is 12.2 Å². The highest BCUT2D eigenvalue weighted by Gasteiger charge is 2.40. The Kier molecular flexibility index (Phi) is 10.5. The van der Waals surface area contributed by atoms with Gasteiger partial charge in [0.15, 0.2) is 0 Å². The molecule has 4 aliphatic heterocycles. The summed E-state index contributed by atoms with van der Waals surface area (Å²) in [6.45, 7) is 9.18. The highest BCUT2D eigenvalue weighted by Crippen LogP contribution is 2.53. The van der Waals surface area contributed by atoms with Crippen LogP contribution in [0.5, 0.6) is 17.2 Å². The molecule has 4 aromatic rings. The van der Waals surface area contributed by atoms with Crippen LogP contribution in [-0.4, -0.2) is 99.7 Å². The summed E-state index contributed by atoms with van der Waals surface area (Å²) >= 11 is 0. The molecule has 5 atom stereocenters. The number of nitrogens with zero attached hydrogens (tertiary/aromatic N) is 4. The van der Waals surface area contributed by atoms with E-state index >= 15 is 0 Å². The molecule has 0 bridgehead atoms. The van der Waals surface area contributed by atoms with Crippen LogP contribution in [0.3, 0.4) is 0 Å². The summed E-state index contributed by atoms with van der Waals surface area (Å²) in [6, 6.07) is 8.15. The average Bonchev–Trinajstić information content (AvgIpc) is 4.07. The van der Waals surface area contributed by atoms with Crippen molar-refractivity contribution in [3.8, 4) is 39.8 Å². The van der Waals surface area contributed by atoms with E-state index in [1.165, 1.54) is 14.2 Å². The van der Waals surface area contributed by atoms with Gasteiger partial charge < -0.3 is 49.3 Å². The SMILES string of the molecule is COC(=O)N[C@H](C(=O)N1CCC[C@H]1c1ncc(-c2cc3c4c(c2)Oc2ccc(-c5cnc([C@@H]6CCCN6C(=O)[C@@H](NC(=O)OC)C(C)C)[nH]5)cc2C4CO3)[nH]1)C(C)C. The van der Waals surface area contributed by atoms with Crippen molar-refractivity contribution in [2.75, 3.05) is 33.9 Å². The molecular weight excluding hydrogens is 745 g/mol. The molecule has 0 spiro atoms. The molecule has 0 aliphatic carbocycles. The molecule has 6 heterocycles. The van der Waals surface area contributed by atoms with E-state index in [1.54, 1.807) is 22.2 Å². The minimum absolute atomic E-state index is 0.0359. The van der Waals surface area contributed by atoms with E-state index < -0.39 is 24.3 Å². The molecule has 4 aliphatic rings. The van der Waals surface area contributed by atoms with E-state index in [-0.39, 0.29) is 41.7 Å². The number of imidazole rings is 2. The van der Waals surface area contributed by atoms with Crippen molar-refractivity contribution in [1.82, 2.24) is 40.4 Å². The molecule has 4 N–H and O–H groups in total. The Morgan fingerprint density at radius 3 is 1.81 bits per heavy atom. The van der Waals surface area contributed by atoms with E-state index in [2.05, 4.69) is 26.7 Å². The Morgan fingerprint density at radius 2 is 1.28 bits per heavy atom. The van der Waals surface area contributed by atoms with E-state index in [0.717, 1.165) is 70.8 Å². The maximum atomic E-state index is 13.7. The number of amides is 4. The Labute approximate surface area is 336 Å². The Morgan fingerprint density at radius 1 is 0.741 bits per heavy atom. The van der Waals surface area contributed by atoms with Gasteiger partial charge in [-0.1, -0.05) is 27.7 Å². The molecule has 0 saturated carbocycles. The van der Waals surface area contributed by atoms with Crippen molar-refractivity contribution in [2.45, 2.75) is 83.5 Å². The molecular formula is C42H50N8O8. The van der Waals surface area contributed by atoms with Crippen LogP contribution in [0.2, 0.25) is 0 Å². The summed E-state index contributed by atoms with van der Waals surface area (Å²) in [5, 5.41) is 5.40. The summed E-state index contributed by atoms with van der Waals surface area (Å²) in [7, 11) is 2.57. The Bertz CT molecular complexity index is 2230. The van der Waals surface area contributed by atoms with Crippen LogP contribution in [0, 0.1) is 11.8 Å². The summed E-state index contributed by atoms with van der Waals surface area (Å²) in [5.74, 6) is 2.97. The Balaban J connectivity index is 0.993. The first-order valence-electron chi connectivity index (χ1n) is 20.0. The first-order chi connectivity index (χ1) is 27.9. The van der Waals surface area contributed by atoms with E-state index in [4.69, 9.17) is 28.9 Å². The number of ether oxygens (including phenoxy) is 4. The second-order valence-corrected chi connectivity index (χ2v) is 16.1. The van der Waals surface area contributed by atoms with Crippen molar-refractivity contribution < 1.29 is 38.1 Å². The third kappa shape index (κ3) is 7.08. The molecule has 58 heavy (non-hydrogen) atoms. The molecule has 4 amide bonds. The first kappa shape index (κ1) is 38.8. The maximum absolute atomic E-state index is 13.7. The van der Waals surface area contributed by atoms with Gasteiger partial charge in [0.2, 0.25) is 11.8 Å². The maximum Gasteiger partial charge on any atom is 0.407 e. The topological polar surface area (TPSA) is 193 Å². The van der Waals surface area contributed by atoms with Crippen LogP contribution < -0.4 is 20.1 Å². The Hall–Kier alpha value is -6.06. The molecule has 2 fully saturated rings. The van der Waals surface area contributed by atoms with Gasteiger partial charge in [-0.3, -0.25) is 9.59 Å². The second-order valence-electron chi connectivity index (χ2n) is 16.1. The molecule has 2 aromatic heterocycles. The lowest BCUT2D eigenvalue weighted by Crippen LogP contribution is -2.51. The van der Waals surface area contributed by atoms with Gasteiger partial charge in [0.05, 0.1) is 62.6 Å².